The summed E-state index contributed by atoms with van der Waals surface area (Å²) in [6.45, 7) is 14.2. The van der Waals surface area contributed by atoms with Crippen molar-refractivity contribution >= 4 is 5.97 Å². The first-order valence-corrected chi connectivity index (χ1v) is 8.23. The molecule has 0 amide bonds. The third kappa shape index (κ3) is 10.8. The molecule has 3 nitrogen and oxygen atoms in total. The Morgan fingerprint density at radius 3 is 1.86 bits per heavy atom. The van der Waals surface area contributed by atoms with Gasteiger partial charge >= 0.3 is 5.97 Å². The molecule has 0 aliphatic heterocycles. The van der Waals surface area contributed by atoms with E-state index in [-0.39, 0.29) is 22.7 Å². The normalized spacial score (nSPS) is 14.0. The van der Waals surface area contributed by atoms with Crippen molar-refractivity contribution in [3.63, 3.8) is 0 Å². The van der Waals surface area contributed by atoms with Crippen LogP contribution in [0.5, 0.6) is 0 Å². The molecule has 0 aromatic heterocycles. The van der Waals surface area contributed by atoms with E-state index in [1.165, 1.54) is 0 Å². The summed E-state index contributed by atoms with van der Waals surface area (Å²) in [4.78, 5) is 12.4. The first kappa shape index (κ1) is 20.4. The van der Waals surface area contributed by atoms with Crippen molar-refractivity contribution < 1.29 is 14.3 Å². The quantitative estimate of drug-likeness (QED) is 0.452. The lowest BCUT2D eigenvalue weighted by Gasteiger charge is -2.33. The number of carbonyl (C=O) groups is 1. The summed E-state index contributed by atoms with van der Waals surface area (Å²) >= 11 is 0. The molecule has 0 saturated heterocycles. The number of rotatable bonds is 9. The van der Waals surface area contributed by atoms with E-state index in [1.807, 2.05) is 0 Å². The fourth-order valence-electron chi connectivity index (χ4n) is 2.33. The minimum Gasteiger partial charge on any atom is -0.465 e. The molecule has 0 heterocycles. The second-order valence-electron chi connectivity index (χ2n) is 8.26. The second-order valence-corrected chi connectivity index (χ2v) is 8.26. The lowest BCUT2D eigenvalue weighted by Crippen LogP contribution is -2.33. The Bertz CT molecular complexity index is 284. The molecule has 1 unspecified atom stereocenters. The van der Waals surface area contributed by atoms with Gasteiger partial charge in [0.1, 0.15) is 0 Å². The van der Waals surface area contributed by atoms with Gasteiger partial charge in [-0.2, -0.15) is 0 Å². The smallest absolute Gasteiger partial charge is 0.309 e. The molecular weight excluding hydrogens is 264 g/mol. The molecule has 1 atom stereocenters. The van der Waals surface area contributed by atoms with E-state index >= 15 is 0 Å². The number of ether oxygens (including phenoxy) is 2. The van der Waals surface area contributed by atoms with Crippen LogP contribution >= 0.6 is 0 Å². The van der Waals surface area contributed by atoms with Gasteiger partial charge in [0, 0.05) is 13.7 Å². The lowest BCUT2D eigenvalue weighted by atomic mass is 9.72. The molecule has 21 heavy (non-hydrogen) atoms. The molecule has 0 saturated carbocycles. The maximum absolute atomic E-state index is 12.4. The van der Waals surface area contributed by atoms with E-state index in [9.17, 15) is 4.79 Å². The summed E-state index contributed by atoms with van der Waals surface area (Å²) in [6.07, 6.45) is 5.12. The predicted molar refractivity (Wildman–Crippen MR) is 88.3 cm³/mol. The van der Waals surface area contributed by atoms with Gasteiger partial charge in [-0.05, 0) is 36.5 Å². The summed E-state index contributed by atoms with van der Waals surface area (Å²) in [6, 6.07) is 0. The van der Waals surface area contributed by atoms with E-state index in [1.54, 1.807) is 7.11 Å². The Morgan fingerprint density at radius 1 is 0.905 bits per heavy atom. The fraction of sp³-hybridized carbons (Fsp3) is 0.944. The van der Waals surface area contributed by atoms with Crippen LogP contribution in [0.3, 0.4) is 0 Å². The van der Waals surface area contributed by atoms with Gasteiger partial charge in [0.25, 0.3) is 0 Å². The van der Waals surface area contributed by atoms with Crippen LogP contribution in [-0.4, -0.2) is 26.3 Å². The third-order valence-corrected chi connectivity index (χ3v) is 3.63. The minimum atomic E-state index is -0.0527. The maximum Gasteiger partial charge on any atom is 0.309 e. The van der Waals surface area contributed by atoms with Crippen LogP contribution in [0.2, 0.25) is 0 Å². The standard InChI is InChI=1S/C18H36O3/c1-17(2,3)14-15(18(4,5)6)16(19)21-13-11-9-8-10-12-20-7/h15H,8-14H2,1-7H3. The number of hydrogen-bond acceptors (Lipinski definition) is 3. The molecule has 0 fully saturated rings. The number of carbonyl (C=O) groups excluding carboxylic acids is 1. The minimum absolute atomic E-state index is 0.0330. The molecule has 0 aliphatic carbocycles. The Kier molecular flexibility index (Phi) is 9.19. The lowest BCUT2D eigenvalue weighted by molar-refractivity contribution is -0.154. The van der Waals surface area contributed by atoms with Crippen LogP contribution in [0.25, 0.3) is 0 Å². The van der Waals surface area contributed by atoms with Crippen LogP contribution in [0, 0.1) is 16.7 Å². The first-order valence-electron chi connectivity index (χ1n) is 8.23. The molecule has 0 aliphatic rings. The Labute approximate surface area is 131 Å². The van der Waals surface area contributed by atoms with Gasteiger partial charge in [0.2, 0.25) is 0 Å². The highest BCUT2D eigenvalue weighted by Gasteiger charge is 2.35. The molecule has 3 heteroatoms. The van der Waals surface area contributed by atoms with Crippen molar-refractivity contribution in [2.24, 2.45) is 16.7 Å². The van der Waals surface area contributed by atoms with Gasteiger partial charge in [0.05, 0.1) is 12.5 Å². The fourth-order valence-corrected chi connectivity index (χ4v) is 2.33. The van der Waals surface area contributed by atoms with Gasteiger partial charge in [-0.15, -0.1) is 0 Å². The Balaban J connectivity index is 4.13. The van der Waals surface area contributed by atoms with Crippen molar-refractivity contribution in [3.8, 4) is 0 Å². The largest absolute Gasteiger partial charge is 0.465 e. The molecule has 0 aromatic carbocycles. The van der Waals surface area contributed by atoms with Crippen LogP contribution < -0.4 is 0 Å². The highest BCUT2D eigenvalue weighted by molar-refractivity contribution is 5.73. The van der Waals surface area contributed by atoms with E-state index < -0.39 is 0 Å². The van der Waals surface area contributed by atoms with E-state index in [2.05, 4.69) is 41.5 Å². The van der Waals surface area contributed by atoms with Crippen molar-refractivity contribution in [2.75, 3.05) is 20.3 Å². The van der Waals surface area contributed by atoms with E-state index in [0.29, 0.717) is 6.61 Å². The Morgan fingerprint density at radius 2 is 1.43 bits per heavy atom. The average Bonchev–Trinajstić information content (AvgIpc) is 2.32. The molecule has 0 radical (unpaired) electrons. The van der Waals surface area contributed by atoms with Crippen LogP contribution in [0.4, 0.5) is 0 Å². The third-order valence-electron chi connectivity index (χ3n) is 3.63. The highest BCUT2D eigenvalue weighted by Crippen LogP contribution is 2.36. The first-order chi connectivity index (χ1) is 9.58. The van der Waals surface area contributed by atoms with E-state index in [0.717, 1.165) is 38.7 Å². The molecule has 0 rings (SSSR count). The Hall–Kier alpha value is -0.570. The van der Waals surface area contributed by atoms with E-state index in [4.69, 9.17) is 9.47 Å². The van der Waals surface area contributed by atoms with Gasteiger partial charge in [0.15, 0.2) is 0 Å². The zero-order valence-electron chi connectivity index (χ0n) is 15.3. The average molecular weight is 300 g/mol. The molecule has 0 spiro atoms. The molecule has 0 N–H and O–H groups in total. The number of esters is 1. The van der Waals surface area contributed by atoms with Crippen molar-refractivity contribution in [1.82, 2.24) is 0 Å². The summed E-state index contributed by atoms with van der Waals surface area (Å²) in [5.41, 5.74) is 0.0833. The number of hydrogen-bond donors (Lipinski definition) is 0. The maximum atomic E-state index is 12.4. The predicted octanol–water partition coefficient (Wildman–Crippen LogP) is 4.83. The number of methoxy groups -OCH3 is 1. The van der Waals surface area contributed by atoms with Crippen LogP contribution in [0.1, 0.15) is 73.6 Å². The van der Waals surface area contributed by atoms with Gasteiger partial charge < -0.3 is 9.47 Å². The molecule has 0 aromatic rings. The topological polar surface area (TPSA) is 35.5 Å². The van der Waals surface area contributed by atoms with Crippen molar-refractivity contribution in [3.05, 3.63) is 0 Å². The highest BCUT2D eigenvalue weighted by atomic mass is 16.5. The van der Waals surface area contributed by atoms with Crippen molar-refractivity contribution in [2.45, 2.75) is 73.6 Å². The summed E-state index contributed by atoms with van der Waals surface area (Å²) in [5, 5.41) is 0. The zero-order valence-corrected chi connectivity index (χ0v) is 15.3. The molecular formula is C18H36O3. The van der Waals surface area contributed by atoms with Gasteiger partial charge in [-0.1, -0.05) is 48.0 Å². The van der Waals surface area contributed by atoms with Gasteiger partial charge in [-0.3, -0.25) is 4.79 Å². The van der Waals surface area contributed by atoms with Crippen LogP contribution in [-0.2, 0) is 14.3 Å². The monoisotopic (exact) mass is 300 g/mol. The summed E-state index contributed by atoms with van der Waals surface area (Å²) in [5.74, 6) is -0.0692. The zero-order chi connectivity index (χ0) is 16.5. The van der Waals surface area contributed by atoms with Crippen LogP contribution in [0.15, 0.2) is 0 Å². The SMILES string of the molecule is COCCCCCCOC(=O)C(CC(C)(C)C)C(C)(C)C. The number of unbranched alkanes of at least 4 members (excludes halogenated alkanes) is 3. The second kappa shape index (κ2) is 9.45. The summed E-state index contributed by atoms with van der Waals surface area (Å²) in [7, 11) is 1.73. The van der Waals surface area contributed by atoms with Gasteiger partial charge in [-0.25, -0.2) is 0 Å². The van der Waals surface area contributed by atoms with Crippen molar-refractivity contribution in [1.29, 1.82) is 0 Å². The molecule has 126 valence electrons. The molecule has 0 bridgehead atoms. The summed E-state index contributed by atoms with van der Waals surface area (Å²) < 4.78 is 10.5.